The third-order valence-corrected chi connectivity index (χ3v) is 1.53. The number of quaternary nitrogens is 1. The predicted octanol–water partition coefficient (Wildman–Crippen LogP) is 2.09. The molecule has 0 aliphatic rings. The lowest BCUT2D eigenvalue weighted by molar-refractivity contribution is -0.870. The molecule has 0 aromatic heterocycles. The van der Waals surface area contributed by atoms with Gasteiger partial charge >= 0.3 is 0 Å². The monoisotopic (exact) mass is 143 g/mol. The van der Waals surface area contributed by atoms with E-state index in [-0.39, 0.29) is 0 Å². The van der Waals surface area contributed by atoms with E-state index in [0.717, 1.165) is 4.48 Å². The second-order valence-electron chi connectivity index (χ2n) is 3.85. The first kappa shape index (κ1) is 9.96. The highest BCUT2D eigenvalue weighted by atomic mass is 15.3. The minimum atomic E-state index is 1.09. The molecule has 10 heavy (non-hydrogen) atoms. The van der Waals surface area contributed by atoms with Gasteiger partial charge in [-0.05, 0) is 19.3 Å². The van der Waals surface area contributed by atoms with Gasteiger partial charge in [-0.3, -0.25) is 0 Å². The fourth-order valence-electron chi connectivity index (χ4n) is 0.914. The van der Waals surface area contributed by atoms with Crippen LogP contribution in [0.2, 0.25) is 0 Å². The maximum absolute atomic E-state index is 2.36. The molecule has 0 bridgehead atoms. The van der Waals surface area contributed by atoms with Gasteiger partial charge in [-0.1, -0.05) is 13.3 Å². The molecule has 0 saturated heterocycles. The summed E-state index contributed by atoms with van der Waals surface area (Å²) in [6.45, 7) is 3.49. The van der Waals surface area contributed by atoms with E-state index in [0.29, 0.717) is 0 Å². The van der Waals surface area contributed by atoms with Crippen molar-refractivity contribution in [1.82, 2.24) is 0 Å². The molecule has 0 aromatic carbocycles. The molecular formula is C9H21N+. The Morgan fingerprint density at radius 2 is 1.80 bits per heavy atom. The highest BCUT2D eigenvalue weighted by Gasteiger charge is 2.04. The summed E-state index contributed by atoms with van der Waals surface area (Å²) in [5.74, 6) is 0. The van der Waals surface area contributed by atoms with Gasteiger partial charge in [0.1, 0.15) is 0 Å². The Morgan fingerprint density at radius 1 is 1.20 bits per heavy atom. The van der Waals surface area contributed by atoms with Crippen molar-refractivity contribution in [2.24, 2.45) is 0 Å². The molecule has 1 radical (unpaired) electrons. The van der Waals surface area contributed by atoms with Crippen molar-refractivity contribution in [3.05, 3.63) is 6.42 Å². The SMILES string of the molecule is CC[CH]CCC[N+](C)(C)C. The minimum absolute atomic E-state index is 1.09. The number of nitrogens with zero attached hydrogens (tertiary/aromatic N) is 1. The zero-order valence-corrected chi connectivity index (χ0v) is 7.85. The van der Waals surface area contributed by atoms with Gasteiger partial charge in [-0.15, -0.1) is 0 Å². The third-order valence-electron chi connectivity index (χ3n) is 1.53. The highest BCUT2D eigenvalue weighted by Crippen LogP contribution is 2.01. The van der Waals surface area contributed by atoms with E-state index in [1.807, 2.05) is 0 Å². The third kappa shape index (κ3) is 7.96. The van der Waals surface area contributed by atoms with Crippen molar-refractivity contribution < 1.29 is 4.48 Å². The highest BCUT2D eigenvalue weighted by molar-refractivity contribution is 4.59. The Hall–Kier alpha value is -0.0400. The summed E-state index contributed by atoms with van der Waals surface area (Å²) < 4.78 is 1.09. The average Bonchev–Trinajstić information content (AvgIpc) is 1.78. The summed E-state index contributed by atoms with van der Waals surface area (Å²) in [6, 6.07) is 0. The van der Waals surface area contributed by atoms with E-state index >= 15 is 0 Å². The number of rotatable bonds is 5. The molecule has 0 fully saturated rings. The van der Waals surface area contributed by atoms with Crippen molar-refractivity contribution in [3.63, 3.8) is 0 Å². The molecule has 0 atom stereocenters. The smallest absolute Gasteiger partial charge is 0.0780 e. The maximum atomic E-state index is 2.36. The Kier molecular flexibility index (Phi) is 4.71. The van der Waals surface area contributed by atoms with Crippen LogP contribution in [0, 0.1) is 6.42 Å². The Balaban J connectivity index is 3.04. The van der Waals surface area contributed by atoms with Crippen LogP contribution in [0.15, 0.2) is 0 Å². The quantitative estimate of drug-likeness (QED) is 0.408. The first-order valence-corrected chi connectivity index (χ1v) is 4.18. The predicted molar refractivity (Wildman–Crippen MR) is 46.7 cm³/mol. The molecule has 0 aliphatic heterocycles. The summed E-state index contributed by atoms with van der Waals surface area (Å²) >= 11 is 0. The van der Waals surface area contributed by atoms with Crippen LogP contribution in [0.3, 0.4) is 0 Å². The van der Waals surface area contributed by atoms with E-state index in [1.165, 1.54) is 25.8 Å². The molecule has 0 saturated carbocycles. The van der Waals surface area contributed by atoms with Gasteiger partial charge in [0.25, 0.3) is 0 Å². The van der Waals surface area contributed by atoms with Crippen molar-refractivity contribution in [1.29, 1.82) is 0 Å². The van der Waals surface area contributed by atoms with Crippen LogP contribution in [-0.2, 0) is 0 Å². The van der Waals surface area contributed by atoms with Crippen molar-refractivity contribution in [3.8, 4) is 0 Å². The number of unbranched alkanes of at least 4 members (excludes halogenated alkanes) is 3. The maximum Gasteiger partial charge on any atom is 0.0780 e. The van der Waals surface area contributed by atoms with E-state index in [9.17, 15) is 0 Å². The standard InChI is InChI=1S/C9H21N/c1-5-6-7-8-9-10(2,3)4/h6H,5,7-9H2,1-4H3/q+1. The van der Waals surface area contributed by atoms with Gasteiger partial charge in [-0.25, -0.2) is 0 Å². The lowest BCUT2D eigenvalue weighted by atomic mass is 10.2. The zero-order valence-electron chi connectivity index (χ0n) is 7.85. The summed E-state index contributed by atoms with van der Waals surface area (Å²) in [5, 5.41) is 0. The van der Waals surface area contributed by atoms with Gasteiger partial charge in [0.05, 0.1) is 27.7 Å². The molecule has 1 heteroatoms. The van der Waals surface area contributed by atoms with Crippen LogP contribution >= 0.6 is 0 Å². The largest absolute Gasteiger partial charge is 0.331 e. The minimum Gasteiger partial charge on any atom is -0.331 e. The molecule has 0 N–H and O–H groups in total. The summed E-state index contributed by atoms with van der Waals surface area (Å²) in [4.78, 5) is 0. The van der Waals surface area contributed by atoms with Gasteiger partial charge in [-0.2, -0.15) is 0 Å². The normalized spacial score (nSPS) is 12.0. The number of hydrogen-bond donors (Lipinski definition) is 0. The van der Waals surface area contributed by atoms with E-state index in [1.54, 1.807) is 0 Å². The molecule has 0 heterocycles. The fourth-order valence-corrected chi connectivity index (χ4v) is 0.914. The van der Waals surface area contributed by atoms with Crippen LogP contribution in [0.25, 0.3) is 0 Å². The van der Waals surface area contributed by atoms with Crippen LogP contribution < -0.4 is 0 Å². The molecule has 0 amide bonds. The molecule has 0 aromatic rings. The molecular weight excluding hydrogens is 122 g/mol. The van der Waals surface area contributed by atoms with Gasteiger partial charge in [0.2, 0.25) is 0 Å². The Labute approximate surface area is 65.6 Å². The van der Waals surface area contributed by atoms with Crippen molar-refractivity contribution >= 4 is 0 Å². The summed E-state index contributed by atoms with van der Waals surface area (Å²) in [6.07, 6.45) is 6.19. The first-order chi connectivity index (χ1) is 4.56. The lowest BCUT2D eigenvalue weighted by Crippen LogP contribution is -2.35. The summed E-state index contributed by atoms with van der Waals surface area (Å²) in [5.41, 5.74) is 0. The second kappa shape index (κ2) is 4.73. The topological polar surface area (TPSA) is 0 Å². The second-order valence-corrected chi connectivity index (χ2v) is 3.85. The zero-order chi connectivity index (χ0) is 8.04. The molecule has 0 rings (SSSR count). The summed E-state index contributed by atoms with van der Waals surface area (Å²) in [7, 11) is 6.73. The van der Waals surface area contributed by atoms with Crippen LogP contribution in [0.4, 0.5) is 0 Å². The Morgan fingerprint density at radius 3 is 2.20 bits per heavy atom. The molecule has 0 aliphatic carbocycles. The molecule has 61 valence electrons. The van der Waals surface area contributed by atoms with Gasteiger partial charge < -0.3 is 4.48 Å². The van der Waals surface area contributed by atoms with E-state index in [4.69, 9.17) is 0 Å². The number of hydrogen-bond acceptors (Lipinski definition) is 0. The van der Waals surface area contributed by atoms with Crippen molar-refractivity contribution in [2.45, 2.75) is 26.2 Å². The first-order valence-electron chi connectivity index (χ1n) is 4.18. The van der Waals surface area contributed by atoms with Crippen LogP contribution in [-0.4, -0.2) is 32.2 Å². The molecule has 0 spiro atoms. The van der Waals surface area contributed by atoms with Crippen molar-refractivity contribution in [2.75, 3.05) is 27.7 Å². The average molecular weight is 143 g/mol. The van der Waals surface area contributed by atoms with Gasteiger partial charge in [0.15, 0.2) is 0 Å². The van der Waals surface area contributed by atoms with Gasteiger partial charge in [0, 0.05) is 0 Å². The lowest BCUT2D eigenvalue weighted by Gasteiger charge is -2.23. The fraction of sp³-hybridized carbons (Fsp3) is 0.889. The molecule has 1 nitrogen and oxygen atoms in total. The van der Waals surface area contributed by atoms with E-state index < -0.39 is 0 Å². The Bertz CT molecular complexity index is 71.3. The van der Waals surface area contributed by atoms with Crippen LogP contribution in [0.1, 0.15) is 26.2 Å². The van der Waals surface area contributed by atoms with E-state index in [2.05, 4.69) is 34.5 Å². The molecule has 0 unspecified atom stereocenters. The van der Waals surface area contributed by atoms with Crippen LogP contribution in [0.5, 0.6) is 0 Å².